The standard InChI is InChI=1S/C34H38N4O4/c39-23-24-10-12-25(13-11-24)32-20-28(22-38-18-6-2-1-3-7-19-38)41-34(42-32)26-14-16-27(17-15-26)36-33(40)31-21-35-29-8-4-5-9-30(29)37-31/h4-5,8-17,21,28,32,34,39H,1-3,6-7,18-20,22-23H2,(H,36,40)/t28-,32+,34+/m1/s1. The number of nitrogens with zero attached hydrogens (tertiary/aromatic N) is 3. The lowest BCUT2D eigenvalue weighted by Gasteiger charge is -2.38. The van der Waals surface area contributed by atoms with Gasteiger partial charge >= 0.3 is 0 Å². The number of rotatable bonds is 7. The SMILES string of the molecule is O=C(Nc1ccc([C@H]2O[C@@H](CN3CCCCCCC3)C[C@@H](c3ccc(CO)cc3)O2)cc1)c1cnc2ccccc2n1. The predicted octanol–water partition coefficient (Wildman–Crippen LogP) is 6.19. The normalized spacial score (nSPS) is 21.9. The van der Waals surface area contributed by atoms with Crippen LogP contribution >= 0.6 is 0 Å². The molecule has 4 aromatic rings. The number of aromatic nitrogens is 2. The topological polar surface area (TPSA) is 96.8 Å². The average Bonchev–Trinajstić information content (AvgIpc) is 3.02. The monoisotopic (exact) mass is 566 g/mol. The number of para-hydroxylation sites is 2. The number of benzene rings is 3. The minimum Gasteiger partial charge on any atom is -0.392 e. The summed E-state index contributed by atoms with van der Waals surface area (Å²) in [6.07, 6.45) is 8.03. The number of ether oxygens (including phenoxy) is 2. The molecule has 8 nitrogen and oxygen atoms in total. The van der Waals surface area contributed by atoms with Crippen LogP contribution in [0.15, 0.2) is 79.0 Å². The highest BCUT2D eigenvalue weighted by molar-refractivity contribution is 6.03. The summed E-state index contributed by atoms with van der Waals surface area (Å²) in [5.41, 5.74) is 5.20. The van der Waals surface area contributed by atoms with Crippen LogP contribution in [-0.2, 0) is 16.1 Å². The highest BCUT2D eigenvalue weighted by Crippen LogP contribution is 2.38. The minimum absolute atomic E-state index is 0.0193. The first kappa shape index (κ1) is 28.4. The van der Waals surface area contributed by atoms with E-state index in [-0.39, 0.29) is 30.4 Å². The van der Waals surface area contributed by atoms with Gasteiger partial charge in [-0.05, 0) is 61.3 Å². The van der Waals surface area contributed by atoms with Gasteiger partial charge in [0.05, 0.1) is 36.0 Å². The molecule has 0 aliphatic carbocycles. The molecule has 2 aliphatic heterocycles. The number of anilines is 1. The lowest BCUT2D eigenvalue weighted by molar-refractivity contribution is -0.253. The molecule has 3 heterocycles. The Morgan fingerprint density at radius 2 is 1.55 bits per heavy atom. The number of carbonyl (C=O) groups is 1. The van der Waals surface area contributed by atoms with Gasteiger partial charge < -0.3 is 24.8 Å². The zero-order chi connectivity index (χ0) is 28.7. The maximum atomic E-state index is 12.9. The molecular formula is C34H38N4O4. The lowest BCUT2D eigenvalue weighted by Crippen LogP contribution is -2.40. The Labute approximate surface area is 246 Å². The van der Waals surface area contributed by atoms with E-state index in [0.29, 0.717) is 11.2 Å². The van der Waals surface area contributed by atoms with Crippen molar-refractivity contribution in [2.75, 3.05) is 25.0 Å². The van der Waals surface area contributed by atoms with E-state index in [4.69, 9.17) is 9.47 Å². The summed E-state index contributed by atoms with van der Waals surface area (Å²) in [4.78, 5) is 24.2. The fraction of sp³-hybridized carbons (Fsp3) is 0.382. The maximum Gasteiger partial charge on any atom is 0.275 e. The number of hydrogen-bond acceptors (Lipinski definition) is 7. The van der Waals surface area contributed by atoms with Crippen molar-refractivity contribution in [3.8, 4) is 0 Å². The molecule has 218 valence electrons. The fourth-order valence-corrected chi connectivity index (χ4v) is 5.80. The van der Waals surface area contributed by atoms with Gasteiger partial charge in [0.15, 0.2) is 6.29 Å². The third-order valence-corrected chi connectivity index (χ3v) is 8.15. The number of aliphatic hydroxyl groups excluding tert-OH is 1. The zero-order valence-corrected chi connectivity index (χ0v) is 23.8. The molecule has 0 bridgehead atoms. The first-order valence-corrected chi connectivity index (χ1v) is 15.0. The number of nitrogens with one attached hydrogen (secondary N) is 1. The van der Waals surface area contributed by atoms with Crippen LogP contribution in [0.3, 0.4) is 0 Å². The van der Waals surface area contributed by atoms with E-state index >= 15 is 0 Å². The molecule has 3 aromatic carbocycles. The Morgan fingerprint density at radius 1 is 0.857 bits per heavy atom. The number of likely N-dealkylation sites (tertiary alicyclic amines) is 1. The van der Waals surface area contributed by atoms with E-state index in [1.807, 2.05) is 72.8 Å². The van der Waals surface area contributed by atoms with Crippen LogP contribution in [0.5, 0.6) is 0 Å². The molecule has 42 heavy (non-hydrogen) atoms. The van der Waals surface area contributed by atoms with E-state index in [0.717, 1.165) is 48.3 Å². The molecule has 1 aromatic heterocycles. The van der Waals surface area contributed by atoms with E-state index < -0.39 is 6.29 Å². The number of amides is 1. The first-order chi connectivity index (χ1) is 20.6. The van der Waals surface area contributed by atoms with E-state index in [9.17, 15) is 9.90 Å². The molecular weight excluding hydrogens is 528 g/mol. The maximum absolute atomic E-state index is 12.9. The van der Waals surface area contributed by atoms with Crippen molar-refractivity contribution in [3.05, 3.63) is 101 Å². The molecule has 0 radical (unpaired) electrons. The first-order valence-electron chi connectivity index (χ1n) is 15.0. The molecule has 1 amide bonds. The van der Waals surface area contributed by atoms with Gasteiger partial charge in [-0.3, -0.25) is 9.78 Å². The van der Waals surface area contributed by atoms with Crippen LogP contribution in [-0.4, -0.2) is 51.6 Å². The molecule has 0 saturated carbocycles. The molecule has 2 fully saturated rings. The van der Waals surface area contributed by atoms with Gasteiger partial charge in [0.1, 0.15) is 5.69 Å². The Morgan fingerprint density at radius 3 is 2.29 bits per heavy atom. The second kappa shape index (κ2) is 13.5. The zero-order valence-electron chi connectivity index (χ0n) is 23.8. The summed E-state index contributed by atoms with van der Waals surface area (Å²) in [7, 11) is 0. The lowest BCUT2D eigenvalue weighted by atomic mass is 9.99. The number of hydrogen-bond donors (Lipinski definition) is 2. The van der Waals surface area contributed by atoms with Gasteiger partial charge in [0.2, 0.25) is 0 Å². The number of fused-ring (bicyclic) bond motifs is 1. The largest absolute Gasteiger partial charge is 0.392 e. The van der Waals surface area contributed by atoms with E-state index in [1.54, 1.807) is 0 Å². The highest BCUT2D eigenvalue weighted by atomic mass is 16.7. The van der Waals surface area contributed by atoms with Gasteiger partial charge in [0, 0.05) is 24.2 Å². The second-order valence-electron chi connectivity index (χ2n) is 11.2. The smallest absolute Gasteiger partial charge is 0.275 e. The number of aliphatic hydroxyl groups is 1. The summed E-state index contributed by atoms with van der Waals surface area (Å²) in [5.74, 6) is -0.314. The van der Waals surface area contributed by atoms with Crippen LogP contribution in [0, 0.1) is 0 Å². The van der Waals surface area contributed by atoms with Crippen LogP contribution in [0.4, 0.5) is 5.69 Å². The van der Waals surface area contributed by atoms with Crippen molar-refractivity contribution < 1.29 is 19.4 Å². The molecule has 2 saturated heterocycles. The quantitative estimate of drug-likeness (QED) is 0.276. The summed E-state index contributed by atoms with van der Waals surface area (Å²) in [5, 5.41) is 12.4. The minimum atomic E-state index is -0.530. The molecule has 2 N–H and O–H groups in total. The molecule has 6 rings (SSSR count). The fourth-order valence-electron chi connectivity index (χ4n) is 5.80. The van der Waals surface area contributed by atoms with Crippen molar-refractivity contribution in [1.82, 2.24) is 14.9 Å². The number of carbonyl (C=O) groups excluding carboxylic acids is 1. The van der Waals surface area contributed by atoms with Crippen molar-refractivity contribution >= 4 is 22.6 Å². The predicted molar refractivity (Wildman–Crippen MR) is 162 cm³/mol. The van der Waals surface area contributed by atoms with Crippen molar-refractivity contribution in [1.29, 1.82) is 0 Å². The molecule has 8 heteroatoms. The summed E-state index contributed by atoms with van der Waals surface area (Å²) < 4.78 is 13.1. The van der Waals surface area contributed by atoms with Gasteiger partial charge in [-0.15, -0.1) is 0 Å². The Balaban J connectivity index is 1.16. The van der Waals surface area contributed by atoms with Gasteiger partial charge in [-0.1, -0.05) is 67.8 Å². The van der Waals surface area contributed by atoms with Crippen molar-refractivity contribution in [2.45, 2.75) is 63.6 Å². The Hall–Kier alpha value is -3.69. The highest BCUT2D eigenvalue weighted by Gasteiger charge is 2.33. The van der Waals surface area contributed by atoms with Crippen LogP contribution in [0.1, 0.15) is 78.1 Å². The second-order valence-corrected chi connectivity index (χ2v) is 11.2. The molecule has 2 aliphatic rings. The van der Waals surface area contributed by atoms with Gasteiger partial charge in [0.25, 0.3) is 5.91 Å². The molecule has 0 spiro atoms. The van der Waals surface area contributed by atoms with Crippen LogP contribution in [0.25, 0.3) is 11.0 Å². The average molecular weight is 567 g/mol. The molecule has 3 atom stereocenters. The Bertz CT molecular complexity index is 1470. The van der Waals surface area contributed by atoms with Gasteiger partial charge in [-0.2, -0.15) is 0 Å². The molecule has 0 unspecified atom stereocenters. The van der Waals surface area contributed by atoms with Gasteiger partial charge in [-0.25, -0.2) is 4.98 Å². The Kier molecular flexibility index (Phi) is 9.15. The summed E-state index contributed by atoms with van der Waals surface area (Å²) in [6, 6.07) is 23.1. The van der Waals surface area contributed by atoms with Crippen LogP contribution < -0.4 is 5.32 Å². The van der Waals surface area contributed by atoms with E-state index in [1.165, 1.54) is 38.3 Å². The van der Waals surface area contributed by atoms with Crippen molar-refractivity contribution in [3.63, 3.8) is 0 Å². The summed E-state index contributed by atoms with van der Waals surface area (Å²) in [6.45, 7) is 3.12. The summed E-state index contributed by atoms with van der Waals surface area (Å²) >= 11 is 0. The third-order valence-electron chi connectivity index (χ3n) is 8.15. The van der Waals surface area contributed by atoms with Crippen molar-refractivity contribution in [2.24, 2.45) is 0 Å². The van der Waals surface area contributed by atoms with Crippen LogP contribution in [0.2, 0.25) is 0 Å². The third kappa shape index (κ3) is 7.02. The van der Waals surface area contributed by atoms with E-state index in [2.05, 4.69) is 20.2 Å².